The molecule has 0 aliphatic rings. The molecule has 4 nitrogen and oxygen atoms in total. The molecule has 22 heavy (non-hydrogen) atoms. The lowest BCUT2D eigenvalue weighted by Crippen LogP contribution is -2.38. The van der Waals surface area contributed by atoms with E-state index in [0.717, 1.165) is 36.2 Å². The van der Waals surface area contributed by atoms with Gasteiger partial charge in [-0.15, -0.1) is 0 Å². The Bertz CT molecular complexity index is 630. The van der Waals surface area contributed by atoms with Crippen molar-refractivity contribution in [3.8, 4) is 0 Å². The molecule has 1 amide bonds. The quantitative estimate of drug-likeness (QED) is 0.853. The third-order valence-corrected chi connectivity index (χ3v) is 4.18. The first-order valence-electron chi connectivity index (χ1n) is 8.19. The Hall–Kier alpha value is -1.81. The van der Waals surface area contributed by atoms with E-state index in [0.29, 0.717) is 12.6 Å². The van der Waals surface area contributed by atoms with Crippen LogP contribution in [0.2, 0.25) is 0 Å². The van der Waals surface area contributed by atoms with Gasteiger partial charge < -0.3 is 9.88 Å². The van der Waals surface area contributed by atoms with Crippen LogP contribution in [-0.4, -0.2) is 41.1 Å². The molecule has 2 rings (SSSR count). The van der Waals surface area contributed by atoms with E-state index in [9.17, 15) is 4.79 Å². The lowest BCUT2D eigenvalue weighted by atomic mass is 10.2. The number of aryl methyl sites for hydroxylation is 1. The number of carbonyl (C=O) groups is 1. The fourth-order valence-electron chi connectivity index (χ4n) is 2.92. The first-order chi connectivity index (χ1) is 10.6. The lowest BCUT2D eigenvalue weighted by molar-refractivity contribution is 0.0937. The molecule has 0 saturated heterocycles. The van der Waals surface area contributed by atoms with Gasteiger partial charge in [0.15, 0.2) is 0 Å². The Morgan fingerprint density at radius 1 is 1.27 bits per heavy atom. The summed E-state index contributed by atoms with van der Waals surface area (Å²) in [6.45, 7) is 11.9. The van der Waals surface area contributed by atoms with Gasteiger partial charge in [0.25, 0.3) is 5.91 Å². The summed E-state index contributed by atoms with van der Waals surface area (Å²) in [6, 6.07) is 10.6. The van der Waals surface area contributed by atoms with Crippen molar-refractivity contribution in [2.24, 2.45) is 0 Å². The molecule has 0 saturated carbocycles. The Morgan fingerprint density at radius 2 is 2.00 bits per heavy atom. The van der Waals surface area contributed by atoms with E-state index >= 15 is 0 Å². The Labute approximate surface area is 133 Å². The molecular formula is C18H27N3O. The van der Waals surface area contributed by atoms with Crippen molar-refractivity contribution >= 4 is 16.8 Å². The van der Waals surface area contributed by atoms with Gasteiger partial charge in [-0.2, -0.15) is 0 Å². The summed E-state index contributed by atoms with van der Waals surface area (Å²) in [7, 11) is 0. The molecule has 120 valence electrons. The van der Waals surface area contributed by atoms with Crippen molar-refractivity contribution in [1.82, 2.24) is 14.8 Å². The molecule has 1 aromatic carbocycles. The normalized spacial score (nSPS) is 11.5. The maximum Gasteiger partial charge on any atom is 0.267 e. The number of aromatic nitrogens is 1. The average Bonchev–Trinajstić information content (AvgIpc) is 2.89. The highest BCUT2D eigenvalue weighted by atomic mass is 16.1. The number of hydrogen-bond donors (Lipinski definition) is 1. The third kappa shape index (κ3) is 3.50. The maximum atomic E-state index is 12.5. The third-order valence-electron chi connectivity index (χ3n) is 4.18. The predicted molar refractivity (Wildman–Crippen MR) is 92.3 cm³/mol. The standard InChI is InChI=1S/C18H27N3O/c1-5-20(14(3)4)12-11-19-18(22)17-13-15-9-7-8-10-16(15)21(17)6-2/h7-10,13-14H,5-6,11-12H2,1-4H3,(H,19,22). The second kappa shape index (κ2) is 7.45. The molecule has 0 bridgehead atoms. The first-order valence-corrected chi connectivity index (χ1v) is 8.19. The summed E-state index contributed by atoms with van der Waals surface area (Å²) in [4.78, 5) is 14.8. The van der Waals surface area contributed by atoms with Gasteiger partial charge in [0.05, 0.1) is 0 Å². The first kappa shape index (κ1) is 16.6. The monoisotopic (exact) mass is 301 g/mol. The SMILES string of the molecule is CCN(CCNC(=O)c1cc2ccccc2n1CC)C(C)C. The van der Waals surface area contributed by atoms with Gasteiger partial charge in [-0.25, -0.2) is 0 Å². The zero-order valence-electron chi connectivity index (χ0n) is 14.1. The number of benzene rings is 1. The van der Waals surface area contributed by atoms with Gasteiger partial charge in [-0.1, -0.05) is 25.1 Å². The van der Waals surface area contributed by atoms with E-state index in [1.807, 2.05) is 18.2 Å². The summed E-state index contributed by atoms with van der Waals surface area (Å²) in [5.41, 5.74) is 1.86. The number of likely N-dealkylation sites (N-methyl/N-ethyl adjacent to an activating group) is 1. The minimum Gasteiger partial charge on any atom is -0.349 e. The number of carbonyl (C=O) groups excluding carboxylic acids is 1. The summed E-state index contributed by atoms with van der Waals surface area (Å²) in [6.07, 6.45) is 0. The van der Waals surface area contributed by atoms with Crippen LogP contribution in [-0.2, 0) is 6.54 Å². The zero-order chi connectivity index (χ0) is 16.1. The van der Waals surface area contributed by atoms with Gasteiger partial charge in [0, 0.05) is 36.6 Å². The molecule has 0 aliphatic heterocycles. The summed E-state index contributed by atoms with van der Waals surface area (Å²) in [5.74, 6) is 0.0119. The van der Waals surface area contributed by atoms with Crippen molar-refractivity contribution in [2.75, 3.05) is 19.6 Å². The molecule has 1 heterocycles. The van der Waals surface area contributed by atoms with Gasteiger partial charge in [0.2, 0.25) is 0 Å². The van der Waals surface area contributed by atoms with Crippen LogP contribution in [0.4, 0.5) is 0 Å². The van der Waals surface area contributed by atoms with Gasteiger partial charge >= 0.3 is 0 Å². The summed E-state index contributed by atoms with van der Waals surface area (Å²) < 4.78 is 2.07. The zero-order valence-corrected chi connectivity index (χ0v) is 14.1. The minimum absolute atomic E-state index is 0.0119. The molecule has 4 heteroatoms. The van der Waals surface area contributed by atoms with Crippen LogP contribution in [0.15, 0.2) is 30.3 Å². The average molecular weight is 301 g/mol. The fraction of sp³-hybridized carbons (Fsp3) is 0.500. The van der Waals surface area contributed by atoms with Crippen molar-refractivity contribution in [1.29, 1.82) is 0 Å². The van der Waals surface area contributed by atoms with Crippen LogP contribution >= 0.6 is 0 Å². The van der Waals surface area contributed by atoms with Crippen molar-refractivity contribution < 1.29 is 4.79 Å². The topological polar surface area (TPSA) is 37.3 Å². The molecule has 1 N–H and O–H groups in total. The predicted octanol–water partition coefficient (Wildman–Crippen LogP) is 3.12. The molecular weight excluding hydrogens is 274 g/mol. The maximum absolute atomic E-state index is 12.5. The molecule has 0 atom stereocenters. The molecule has 0 radical (unpaired) electrons. The number of nitrogens with one attached hydrogen (secondary N) is 1. The molecule has 0 unspecified atom stereocenters. The van der Waals surface area contributed by atoms with E-state index in [-0.39, 0.29) is 5.91 Å². The number of para-hydroxylation sites is 1. The molecule has 2 aromatic rings. The van der Waals surface area contributed by atoms with E-state index in [2.05, 4.69) is 54.6 Å². The number of hydrogen-bond acceptors (Lipinski definition) is 2. The lowest BCUT2D eigenvalue weighted by Gasteiger charge is -2.24. The van der Waals surface area contributed by atoms with Gasteiger partial charge in [-0.3, -0.25) is 9.69 Å². The van der Waals surface area contributed by atoms with Crippen molar-refractivity contribution in [2.45, 2.75) is 40.3 Å². The van der Waals surface area contributed by atoms with E-state index in [1.165, 1.54) is 0 Å². The van der Waals surface area contributed by atoms with Gasteiger partial charge in [0.1, 0.15) is 5.69 Å². The summed E-state index contributed by atoms with van der Waals surface area (Å²) >= 11 is 0. The van der Waals surface area contributed by atoms with Crippen molar-refractivity contribution in [3.63, 3.8) is 0 Å². The largest absolute Gasteiger partial charge is 0.349 e. The summed E-state index contributed by atoms with van der Waals surface area (Å²) in [5, 5.41) is 4.17. The molecule has 1 aromatic heterocycles. The van der Waals surface area contributed by atoms with Crippen LogP contribution in [0.3, 0.4) is 0 Å². The van der Waals surface area contributed by atoms with Crippen LogP contribution in [0.25, 0.3) is 10.9 Å². The number of rotatable bonds is 7. The smallest absolute Gasteiger partial charge is 0.267 e. The number of nitrogens with zero attached hydrogens (tertiary/aromatic N) is 2. The van der Waals surface area contributed by atoms with Crippen LogP contribution in [0.5, 0.6) is 0 Å². The van der Waals surface area contributed by atoms with Crippen LogP contribution < -0.4 is 5.32 Å². The van der Waals surface area contributed by atoms with Crippen LogP contribution in [0.1, 0.15) is 38.2 Å². The second-order valence-corrected chi connectivity index (χ2v) is 5.81. The highest BCUT2D eigenvalue weighted by molar-refractivity contribution is 5.98. The Balaban J connectivity index is 2.07. The Morgan fingerprint density at radius 3 is 2.64 bits per heavy atom. The molecule has 0 aliphatic carbocycles. The molecule has 0 fully saturated rings. The fourth-order valence-corrected chi connectivity index (χ4v) is 2.92. The van der Waals surface area contributed by atoms with E-state index in [1.54, 1.807) is 0 Å². The molecule has 0 spiro atoms. The second-order valence-electron chi connectivity index (χ2n) is 5.81. The minimum atomic E-state index is 0.0119. The van der Waals surface area contributed by atoms with Gasteiger partial charge in [-0.05, 0) is 39.4 Å². The highest BCUT2D eigenvalue weighted by Crippen LogP contribution is 2.19. The van der Waals surface area contributed by atoms with E-state index < -0.39 is 0 Å². The van der Waals surface area contributed by atoms with Crippen LogP contribution in [0, 0.1) is 0 Å². The van der Waals surface area contributed by atoms with E-state index in [4.69, 9.17) is 0 Å². The van der Waals surface area contributed by atoms with Crippen molar-refractivity contribution in [3.05, 3.63) is 36.0 Å². The highest BCUT2D eigenvalue weighted by Gasteiger charge is 2.14. The Kier molecular flexibility index (Phi) is 5.61. The number of amides is 1. The number of fused-ring (bicyclic) bond motifs is 1.